The Morgan fingerprint density at radius 1 is 1.07 bits per heavy atom. The molecule has 0 amide bonds. The van der Waals surface area contributed by atoms with Gasteiger partial charge in [0.05, 0.1) is 20.8 Å². The predicted molar refractivity (Wildman–Crippen MR) is 115 cm³/mol. The van der Waals surface area contributed by atoms with Crippen LogP contribution in [0, 0.1) is 0 Å². The summed E-state index contributed by atoms with van der Waals surface area (Å²) in [5.41, 5.74) is 7.44. The summed E-state index contributed by atoms with van der Waals surface area (Å²) in [6, 6.07) is 12.2. The van der Waals surface area contributed by atoms with Crippen LogP contribution in [-0.4, -0.2) is 33.3 Å². The third-order valence-corrected chi connectivity index (χ3v) is 3.77. The van der Waals surface area contributed by atoms with Gasteiger partial charge in [-0.25, -0.2) is 4.99 Å². The molecule has 0 unspecified atom stereocenters. The van der Waals surface area contributed by atoms with E-state index in [4.69, 9.17) is 15.2 Å². The number of methoxy groups -OCH3 is 2. The molecule has 0 bridgehead atoms. The van der Waals surface area contributed by atoms with Gasteiger partial charge in [-0.15, -0.1) is 24.0 Å². The van der Waals surface area contributed by atoms with E-state index < -0.39 is 6.61 Å². The first kappa shape index (κ1) is 23.7. The molecule has 0 atom stereocenters. The number of guanidine groups is 1. The Balaban J connectivity index is 0.00000392. The third-order valence-electron chi connectivity index (χ3n) is 3.77. The molecule has 3 N–H and O–H groups in total. The molecule has 0 aliphatic carbocycles. The highest BCUT2D eigenvalue weighted by molar-refractivity contribution is 14.0. The zero-order chi connectivity index (χ0) is 19.6. The van der Waals surface area contributed by atoms with Crippen molar-refractivity contribution in [2.75, 3.05) is 20.8 Å². The highest BCUT2D eigenvalue weighted by Gasteiger charge is 2.09. The molecule has 2 aromatic rings. The van der Waals surface area contributed by atoms with Crippen LogP contribution in [0.4, 0.5) is 8.78 Å². The number of rotatable bonds is 9. The average molecular weight is 507 g/mol. The molecular formula is C19H24F2IN3O3. The van der Waals surface area contributed by atoms with Gasteiger partial charge in [-0.3, -0.25) is 0 Å². The lowest BCUT2D eigenvalue weighted by Gasteiger charge is -2.11. The van der Waals surface area contributed by atoms with Gasteiger partial charge >= 0.3 is 6.61 Å². The van der Waals surface area contributed by atoms with E-state index in [9.17, 15) is 8.78 Å². The van der Waals surface area contributed by atoms with Crippen molar-refractivity contribution in [3.8, 4) is 17.2 Å². The number of nitrogens with one attached hydrogen (secondary N) is 1. The number of para-hydroxylation sites is 1. The van der Waals surface area contributed by atoms with Gasteiger partial charge < -0.3 is 25.3 Å². The number of aliphatic imine (C=N–C) groups is 1. The van der Waals surface area contributed by atoms with Crippen LogP contribution >= 0.6 is 24.0 Å². The van der Waals surface area contributed by atoms with Crippen molar-refractivity contribution in [2.24, 2.45) is 10.7 Å². The summed E-state index contributed by atoms with van der Waals surface area (Å²) in [6.07, 6.45) is 0.468. The predicted octanol–water partition coefficient (Wildman–Crippen LogP) is 3.57. The van der Waals surface area contributed by atoms with Crippen molar-refractivity contribution >= 4 is 29.9 Å². The Kier molecular flexibility index (Phi) is 10.4. The van der Waals surface area contributed by atoms with E-state index in [2.05, 4.69) is 15.0 Å². The number of nitrogens with zero attached hydrogens (tertiary/aromatic N) is 1. The fourth-order valence-electron chi connectivity index (χ4n) is 2.46. The smallest absolute Gasteiger partial charge is 0.387 e. The maximum absolute atomic E-state index is 12.4. The van der Waals surface area contributed by atoms with Crippen molar-refractivity contribution in [2.45, 2.75) is 19.6 Å². The molecule has 0 radical (unpaired) electrons. The lowest BCUT2D eigenvalue weighted by Crippen LogP contribution is -2.33. The Hall–Kier alpha value is -2.30. The molecule has 0 spiro atoms. The highest BCUT2D eigenvalue weighted by atomic mass is 127. The summed E-state index contributed by atoms with van der Waals surface area (Å²) in [5, 5.41) is 2.96. The standard InChI is InChI=1S/C19H23F2N3O3.HI/c1-25-16-8-7-13(11-17(16)26-2)12-24-19(22)23-10-9-14-5-3-4-6-15(14)27-18(20)21;/h3-8,11,18H,9-10,12H2,1-2H3,(H3,22,23,24);1H. The van der Waals surface area contributed by atoms with E-state index in [0.717, 1.165) is 5.56 Å². The van der Waals surface area contributed by atoms with E-state index >= 15 is 0 Å². The molecule has 9 heteroatoms. The topological polar surface area (TPSA) is 78.1 Å². The molecule has 2 rings (SSSR count). The molecule has 2 aromatic carbocycles. The maximum atomic E-state index is 12.4. The van der Waals surface area contributed by atoms with Gasteiger partial charge in [-0.1, -0.05) is 24.3 Å². The number of nitrogens with two attached hydrogens (primary N) is 1. The van der Waals surface area contributed by atoms with Gasteiger partial charge in [-0.2, -0.15) is 8.78 Å². The van der Waals surface area contributed by atoms with Gasteiger partial charge in [0.2, 0.25) is 0 Å². The van der Waals surface area contributed by atoms with Gasteiger partial charge in [0.15, 0.2) is 17.5 Å². The van der Waals surface area contributed by atoms with E-state index in [0.29, 0.717) is 36.6 Å². The largest absolute Gasteiger partial charge is 0.493 e. The number of halogens is 3. The number of hydrogen-bond donors (Lipinski definition) is 2. The molecule has 6 nitrogen and oxygen atoms in total. The third kappa shape index (κ3) is 7.37. The number of hydrogen-bond acceptors (Lipinski definition) is 4. The molecule has 0 saturated carbocycles. The van der Waals surface area contributed by atoms with Crippen LogP contribution in [0.15, 0.2) is 47.5 Å². The van der Waals surface area contributed by atoms with E-state index in [1.54, 1.807) is 38.5 Å². The minimum atomic E-state index is -2.85. The van der Waals surface area contributed by atoms with E-state index in [1.165, 1.54) is 6.07 Å². The molecule has 0 aliphatic heterocycles. The highest BCUT2D eigenvalue weighted by Crippen LogP contribution is 2.27. The summed E-state index contributed by atoms with van der Waals surface area (Å²) >= 11 is 0. The first-order valence-corrected chi connectivity index (χ1v) is 8.31. The van der Waals surface area contributed by atoms with Crippen molar-refractivity contribution < 1.29 is 23.0 Å². The summed E-state index contributed by atoms with van der Waals surface area (Å²) in [6.45, 7) is -2.05. The summed E-state index contributed by atoms with van der Waals surface area (Å²) < 4.78 is 39.8. The SMILES string of the molecule is COc1ccc(CN=C(N)NCCc2ccccc2OC(F)F)cc1OC.I. The fraction of sp³-hybridized carbons (Fsp3) is 0.316. The van der Waals surface area contributed by atoms with Gasteiger partial charge in [0, 0.05) is 6.54 Å². The first-order valence-electron chi connectivity index (χ1n) is 8.31. The molecule has 0 fully saturated rings. The van der Waals surface area contributed by atoms with E-state index in [1.807, 2.05) is 12.1 Å². The zero-order valence-corrected chi connectivity index (χ0v) is 18.0. The van der Waals surface area contributed by atoms with Gasteiger partial charge in [0.25, 0.3) is 0 Å². The van der Waals surface area contributed by atoms with Crippen molar-refractivity contribution in [3.05, 3.63) is 53.6 Å². The van der Waals surface area contributed by atoms with Gasteiger partial charge in [-0.05, 0) is 35.7 Å². The lowest BCUT2D eigenvalue weighted by molar-refractivity contribution is -0.0504. The summed E-state index contributed by atoms with van der Waals surface area (Å²) in [7, 11) is 3.14. The van der Waals surface area contributed by atoms with Crippen LogP contribution < -0.4 is 25.3 Å². The second-order valence-corrected chi connectivity index (χ2v) is 5.55. The molecule has 0 saturated heterocycles. The van der Waals surface area contributed by atoms with Crippen LogP contribution in [0.1, 0.15) is 11.1 Å². The molecule has 0 heterocycles. The molecule has 154 valence electrons. The molecule has 0 aliphatic rings. The number of alkyl halides is 2. The minimum Gasteiger partial charge on any atom is -0.493 e. The Bertz CT molecular complexity index is 776. The number of ether oxygens (including phenoxy) is 3. The van der Waals surface area contributed by atoms with Crippen LogP contribution in [-0.2, 0) is 13.0 Å². The van der Waals surface area contributed by atoms with Gasteiger partial charge in [0.1, 0.15) is 5.75 Å². The van der Waals surface area contributed by atoms with Crippen LogP contribution in [0.2, 0.25) is 0 Å². The molecule has 0 aromatic heterocycles. The van der Waals surface area contributed by atoms with E-state index in [-0.39, 0.29) is 35.7 Å². The Morgan fingerprint density at radius 3 is 2.46 bits per heavy atom. The second kappa shape index (κ2) is 12.2. The monoisotopic (exact) mass is 507 g/mol. The van der Waals surface area contributed by atoms with Crippen LogP contribution in [0.5, 0.6) is 17.2 Å². The van der Waals surface area contributed by atoms with Crippen LogP contribution in [0.25, 0.3) is 0 Å². The van der Waals surface area contributed by atoms with Crippen molar-refractivity contribution in [1.29, 1.82) is 0 Å². The Morgan fingerprint density at radius 2 is 1.79 bits per heavy atom. The normalized spacial score (nSPS) is 11.0. The second-order valence-electron chi connectivity index (χ2n) is 5.55. The summed E-state index contributed by atoms with van der Waals surface area (Å²) in [4.78, 5) is 4.26. The average Bonchev–Trinajstić information content (AvgIpc) is 2.67. The molecule has 28 heavy (non-hydrogen) atoms. The molecular weight excluding hydrogens is 483 g/mol. The fourth-order valence-corrected chi connectivity index (χ4v) is 2.46. The zero-order valence-electron chi connectivity index (χ0n) is 15.7. The van der Waals surface area contributed by atoms with Crippen LogP contribution in [0.3, 0.4) is 0 Å². The van der Waals surface area contributed by atoms with Crippen molar-refractivity contribution in [1.82, 2.24) is 5.32 Å². The number of benzene rings is 2. The maximum Gasteiger partial charge on any atom is 0.387 e. The quantitative estimate of drug-likeness (QED) is 0.309. The lowest BCUT2D eigenvalue weighted by atomic mass is 10.1. The minimum absolute atomic E-state index is 0. The summed E-state index contributed by atoms with van der Waals surface area (Å²) in [5.74, 6) is 1.68. The van der Waals surface area contributed by atoms with Crippen molar-refractivity contribution in [3.63, 3.8) is 0 Å². The first-order chi connectivity index (χ1) is 13.0. The Labute approximate surface area is 180 Å².